The summed E-state index contributed by atoms with van der Waals surface area (Å²) in [6.07, 6.45) is 9.13. The molecule has 0 unspecified atom stereocenters. The SMILES string of the molecule is CCCNCC(=O)NC12CC3CC(CC(C3)C1)C2.[Cl-]. The first-order chi connectivity index (χ1) is 8.69. The van der Waals surface area contributed by atoms with Gasteiger partial charge in [0.05, 0.1) is 6.54 Å². The molecule has 4 bridgehead atoms. The van der Waals surface area contributed by atoms with Crippen molar-refractivity contribution in [3.63, 3.8) is 0 Å². The second-order valence-corrected chi connectivity index (χ2v) is 6.92. The van der Waals surface area contributed by atoms with Crippen LogP contribution in [-0.2, 0) is 4.79 Å². The Morgan fingerprint density at radius 2 is 1.63 bits per heavy atom. The van der Waals surface area contributed by atoms with Gasteiger partial charge in [0.15, 0.2) is 0 Å². The van der Waals surface area contributed by atoms with Crippen molar-refractivity contribution in [1.29, 1.82) is 0 Å². The van der Waals surface area contributed by atoms with Gasteiger partial charge in [0.1, 0.15) is 0 Å². The fraction of sp³-hybridized carbons (Fsp3) is 0.933. The molecule has 4 aliphatic rings. The number of rotatable bonds is 5. The molecule has 4 fully saturated rings. The Kier molecular flexibility index (Phi) is 4.78. The van der Waals surface area contributed by atoms with E-state index in [1.54, 1.807) is 0 Å². The van der Waals surface area contributed by atoms with E-state index in [-0.39, 0.29) is 23.9 Å². The van der Waals surface area contributed by atoms with Gasteiger partial charge in [-0.2, -0.15) is 0 Å². The van der Waals surface area contributed by atoms with Crippen LogP contribution in [0, 0.1) is 17.8 Å². The molecule has 19 heavy (non-hydrogen) atoms. The van der Waals surface area contributed by atoms with Crippen molar-refractivity contribution in [1.82, 2.24) is 10.6 Å². The van der Waals surface area contributed by atoms with E-state index in [2.05, 4.69) is 17.6 Å². The highest BCUT2D eigenvalue weighted by Gasteiger charge is 2.51. The molecule has 0 spiro atoms. The topological polar surface area (TPSA) is 41.1 Å². The van der Waals surface area contributed by atoms with Crippen molar-refractivity contribution in [2.45, 2.75) is 57.4 Å². The standard InChI is InChI=1S/C15H26N2O.ClH/c1-2-3-16-10-14(18)17-15-7-11-4-12(8-15)6-13(5-11)9-15;/h11-13,16H,2-10H2,1H3,(H,17,18);1H/p-1. The molecule has 110 valence electrons. The van der Waals surface area contributed by atoms with Crippen molar-refractivity contribution in [3.05, 3.63) is 0 Å². The van der Waals surface area contributed by atoms with Crippen LogP contribution in [0.3, 0.4) is 0 Å². The second kappa shape index (κ2) is 6.01. The molecule has 0 saturated heterocycles. The van der Waals surface area contributed by atoms with Crippen molar-refractivity contribution >= 4 is 5.91 Å². The van der Waals surface area contributed by atoms with Gasteiger partial charge < -0.3 is 23.0 Å². The van der Waals surface area contributed by atoms with Gasteiger partial charge in [-0.1, -0.05) is 6.92 Å². The van der Waals surface area contributed by atoms with E-state index in [9.17, 15) is 4.79 Å². The lowest BCUT2D eigenvalue weighted by molar-refractivity contribution is -0.126. The maximum atomic E-state index is 12.0. The van der Waals surface area contributed by atoms with E-state index in [0.717, 1.165) is 30.7 Å². The van der Waals surface area contributed by atoms with E-state index in [1.807, 2.05) is 0 Å². The smallest absolute Gasteiger partial charge is 0.234 e. The summed E-state index contributed by atoms with van der Waals surface area (Å²) in [7, 11) is 0. The summed E-state index contributed by atoms with van der Waals surface area (Å²) < 4.78 is 0. The molecular formula is C15H26ClN2O-. The molecule has 2 N–H and O–H groups in total. The fourth-order valence-corrected chi connectivity index (χ4v) is 4.98. The van der Waals surface area contributed by atoms with Gasteiger partial charge >= 0.3 is 0 Å². The maximum absolute atomic E-state index is 12.0. The Bertz CT molecular complexity index is 297. The molecule has 4 rings (SSSR count). The Morgan fingerprint density at radius 3 is 2.11 bits per heavy atom. The normalized spacial score (nSPS) is 38.9. The van der Waals surface area contributed by atoms with Crippen LogP contribution in [0.2, 0.25) is 0 Å². The minimum Gasteiger partial charge on any atom is -1.00 e. The van der Waals surface area contributed by atoms with Crippen LogP contribution in [0.1, 0.15) is 51.9 Å². The number of amides is 1. The molecule has 1 amide bonds. The molecule has 0 aromatic carbocycles. The molecule has 0 aliphatic heterocycles. The molecule has 0 atom stereocenters. The summed E-state index contributed by atoms with van der Waals surface area (Å²) in [4.78, 5) is 12.0. The summed E-state index contributed by atoms with van der Waals surface area (Å²) in [6, 6.07) is 0. The largest absolute Gasteiger partial charge is 1.00 e. The molecule has 0 heterocycles. The number of hydrogen-bond donors (Lipinski definition) is 2. The summed E-state index contributed by atoms with van der Waals surface area (Å²) in [5, 5.41) is 6.59. The second-order valence-electron chi connectivity index (χ2n) is 6.92. The molecule has 0 aromatic rings. The zero-order chi connectivity index (χ0) is 12.6. The highest BCUT2D eigenvalue weighted by atomic mass is 35.5. The minimum absolute atomic E-state index is 0. The first-order valence-corrected chi connectivity index (χ1v) is 7.71. The van der Waals surface area contributed by atoms with E-state index in [0.29, 0.717) is 6.54 Å². The lowest BCUT2D eigenvalue weighted by atomic mass is 9.53. The molecule has 0 aromatic heterocycles. The molecule has 3 nitrogen and oxygen atoms in total. The highest BCUT2D eigenvalue weighted by Crippen LogP contribution is 2.55. The predicted octanol–water partition coefficient (Wildman–Crippen LogP) is -0.925. The van der Waals surface area contributed by atoms with Crippen molar-refractivity contribution in [2.75, 3.05) is 13.1 Å². The van der Waals surface area contributed by atoms with Crippen LogP contribution in [0.25, 0.3) is 0 Å². The van der Waals surface area contributed by atoms with Crippen LogP contribution in [0.15, 0.2) is 0 Å². The first-order valence-electron chi connectivity index (χ1n) is 7.71. The number of hydrogen-bond acceptors (Lipinski definition) is 2. The van der Waals surface area contributed by atoms with Gasteiger partial charge in [-0.3, -0.25) is 4.79 Å². The van der Waals surface area contributed by atoms with E-state index < -0.39 is 0 Å². The summed E-state index contributed by atoms with van der Waals surface area (Å²) in [6.45, 7) is 3.56. The van der Waals surface area contributed by atoms with Gasteiger partial charge in [-0.15, -0.1) is 0 Å². The fourth-order valence-electron chi connectivity index (χ4n) is 4.98. The van der Waals surface area contributed by atoms with E-state index in [4.69, 9.17) is 0 Å². The van der Waals surface area contributed by atoms with Crippen LogP contribution in [0.4, 0.5) is 0 Å². The van der Waals surface area contributed by atoms with E-state index in [1.165, 1.54) is 38.5 Å². The summed E-state index contributed by atoms with van der Waals surface area (Å²) in [5.41, 5.74) is 0.180. The average Bonchev–Trinajstić information content (AvgIpc) is 2.26. The number of halogens is 1. The Labute approximate surface area is 122 Å². The van der Waals surface area contributed by atoms with Gasteiger partial charge in [0.25, 0.3) is 0 Å². The summed E-state index contributed by atoms with van der Waals surface area (Å²) >= 11 is 0. The molecule has 4 aliphatic carbocycles. The lowest BCUT2D eigenvalue weighted by Gasteiger charge is -2.56. The zero-order valence-corrected chi connectivity index (χ0v) is 12.6. The molecular weight excluding hydrogens is 260 g/mol. The number of carbonyl (C=O) groups excluding carboxylic acids is 1. The third-order valence-corrected chi connectivity index (χ3v) is 5.16. The lowest BCUT2D eigenvalue weighted by Crippen LogP contribution is -3.00. The zero-order valence-electron chi connectivity index (χ0n) is 11.9. The van der Waals surface area contributed by atoms with Crippen LogP contribution in [0.5, 0.6) is 0 Å². The molecule has 4 saturated carbocycles. The van der Waals surface area contributed by atoms with Gasteiger partial charge in [0.2, 0.25) is 5.91 Å². The maximum Gasteiger partial charge on any atom is 0.234 e. The van der Waals surface area contributed by atoms with Crippen LogP contribution < -0.4 is 23.0 Å². The molecule has 4 heteroatoms. The van der Waals surface area contributed by atoms with Gasteiger partial charge in [0, 0.05) is 5.54 Å². The first kappa shape index (κ1) is 15.1. The third-order valence-electron chi connectivity index (χ3n) is 5.16. The van der Waals surface area contributed by atoms with Gasteiger partial charge in [-0.25, -0.2) is 0 Å². The highest BCUT2D eigenvalue weighted by molar-refractivity contribution is 5.79. The Morgan fingerprint density at radius 1 is 1.11 bits per heavy atom. The quantitative estimate of drug-likeness (QED) is 0.641. The number of nitrogens with one attached hydrogen (secondary N) is 2. The predicted molar refractivity (Wildman–Crippen MR) is 72.2 cm³/mol. The number of carbonyl (C=O) groups is 1. The van der Waals surface area contributed by atoms with Gasteiger partial charge in [-0.05, 0) is 69.2 Å². The Hall–Kier alpha value is -0.280. The summed E-state index contributed by atoms with van der Waals surface area (Å²) in [5.74, 6) is 2.92. The molecule has 0 radical (unpaired) electrons. The Balaban J connectivity index is 0.00000133. The minimum atomic E-state index is 0. The van der Waals surface area contributed by atoms with Crippen LogP contribution >= 0.6 is 0 Å². The van der Waals surface area contributed by atoms with Crippen LogP contribution in [-0.4, -0.2) is 24.5 Å². The average molecular weight is 286 g/mol. The third kappa shape index (κ3) is 3.25. The van der Waals surface area contributed by atoms with E-state index >= 15 is 0 Å². The van der Waals surface area contributed by atoms with Crippen molar-refractivity contribution in [3.8, 4) is 0 Å². The van der Waals surface area contributed by atoms with Crippen molar-refractivity contribution in [2.24, 2.45) is 17.8 Å². The van der Waals surface area contributed by atoms with Crippen molar-refractivity contribution < 1.29 is 17.2 Å². The monoisotopic (exact) mass is 285 g/mol.